The Balaban J connectivity index is 1.87. The van der Waals surface area contributed by atoms with E-state index in [2.05, 4.69) is 36.1 Å². The van der Waals surface area contributed by atoms with Gasteiger partial charge in [0.15, 0.2) is 0 Å². The van der Waals surface area contributed by atoms with E-state index in [0.717, 1.165) is 43.2 Å². The van der Waals surface area contributed by atoms with E-state index >= 15 is 0 Å². The van der Waals surface area contributed by atoms with Gasteiger partial charge in [-0.2, -0.15) is 0 Å². The van der Waals surface area contributed by atoms with Crippen LogP contribution in [-0.2, 0) is 4.74 Å². The van der Waals surface area contributed by atoms with Crippen molar-refractivity contribution in [3.8, 4) is 0 Å². The first-order valence-corrected chi connectivity index (χ1v) is 8.08. The van der Waals surface area contributed by atoms with Gasteiger partial charge in [0.1, 0.15) is 17.0 Å². The molecule has 0 spiro atoms. The Hall–Kier alpha value is -1.20. The average molecular weight is 293 g/mol. The van der Waals surface area contributed by atoms with Crippen LogP contribution >= 0.6 is 11.3 Å². The standard InChI is InChI=1S/C15H23N3OS/c1-4-5-8-19-9-6-7-16-14-13-11(2)12(3)20-15(13)18-10-17-14/h10H,4-9H2,1-3H3,(H,16,17,18). The molecule has 0 aliphatic carbocycles. The molecule has 0 unspecified atom stereocenters. The van der Waals surface area contributed by atoms with Crippen LogP contribution < -0.4 is 5.32 Å². The fourth-order valence-corrected chi connectivity index (χ4v) is 3.04. The lowest BCUT2D eigenvalue weighted by atomic mass is 10.2. The smallest absolute Gasteiger partial charge is 0.138 e. The largest absolute Gasteiger partial charge is 0.381 e. The summed E-state index contributed by atoms with van der Waals surface area (Å²) in [6.07, 6.45) is 4.97. The number of unbranched alkanes of at least 4 members (excludes halogenated alkanes) is 1. The Bertz CT molecular complexity index is 553. The summed E-state index contributed by atoms with van der Waals surface area (Å²) in [4.78, 5) is 11.1. The van der Waals surface area contributed by atoms with E-state index in [9.17, 15) is 0 Å². The maximum atomic E-state index is 5.56. The minimum Gasteiger partial charge on any atom is -0.381 e. The summed E-state index contributed by atoms with van der Waals surface area (Å²) in [7, 11) is 0. The topological polar surface area (TPSA) is 47.0 Å². The maximum Gasteiger partial charge on any atom is 0.138 e. The highest BCUT2D eigenvalue weighted by Gasteiger charge is 2.11. The fourth-order valence-electron chi connectivity index (χ4n) is 2.05. The number of ether oxygens (including phenoxy) is 1. The molecular formula is C15H23N3OS. The van der Waals surface area contributed by atoms with Crippen molar-refractivity contribution < 1.29 is 4.74 Å². The lowest BCUT2D eigenvalue weighted by Gasteiger charge is -2.07. The molecule has 2 aromatic heterocycles. The molecule has 0 radical (unpaired) electrons. The van der Waals surface area contributed by atoms with Crippen LogP contribution in [0.4, 0.5) is 5.82 Å². The fraction of sp³-hybridized carbons (Fsp3) is 0.600. The SMILES string of the molecule is CCCCOCCCNc1ncnc2sc(C)c(C)c12. The number of anilines is 1. The van der Waals surface area contributed by atoms with Gasteiger partial charge in [0, 0.05) is 24.6 Å². The summed E-state index contributed by atoms with van der Waals surface area (Å²) >= 11 is 1.73. The van der Waals surface area contributed by atoms with E-state index in [-0.39, 0.29) is 0 Å². The lowest BCUT2D eigenvalue weighted by Crippen LogP contribution is -2.08. The second-order valence-electron chi connectivity index (χ2n) is 4.93. The van der Waals surface area contributed by atoms with Gasteiger partial charge in [0.2, 0.25) is 0 Å². The molecule has 0 saturated carbocycles. The van der Waals surface area contributed by atoms with Crippen LogP contribution in [0.2, 0.25) is 0 Å². The number of nitrogens with one attached hydrogen (secondary N) is 1. The van der Waals surface area contributed by atoms with Crippen molar-refractivity contribution in [1.82, 2.24) is 9.97 Å². The van der Waals surface area contributed by atoms with Crippen LogP contribution in [-0.4, -0.2) is 29.7 Å². The zero-order valence-corrected chi connectivity index (χ0v) is 13.3. The predicted octanol–water partition coefficient (Wildman–Crippen LogP) is 3.93. The molecule has 2 heterocycles. The van der Waals surface area contributed by atoms with Crippen molar-refractivity contribution in [2.24, 2.45) is 0 Å². The number of fused-ring (bicyclic) bond motifs is 1. The molecule has 0 atom stereocenters. The van der Waals surface area contributed by atoms with Gasteiger partial charge in [-0.1, -0.05) is 13.3 Å². The molecule has 0 aromatic carbocycles. The molecule has 0 aliphatic heterocycles. The quantitative estimate of drug-likeness (QED) is 0.749. The van der Waals surface area contributed by atoms with Crippen LogP contribution in [0, 0.1) is 13.8 Å². The summed E-state index contributed by atoms with van der Waals surface area (Å²) in [6.45, 7) is 9.01. The first-order chi connectivity index (χ1) is 9.74. The Labute approximate surface area is 124 Å². The van der Waals surface area contributed by atoms with Gasteiger partial charge < -0.3 is 10.1 Å². The first kappa shape index (κ1) is 15.2. The van der Waals surface area contributed by atoms with Crippen LogP contribution in [0.25, 0.3) is 10.2 Å². The molecule has 5 heteroatoms. The highest BCUT2D eigenvalue weighted by molar-refractivity contribution is 7.18. The number of aryl methyl sites for hydroxylation is 2. The van der Waals surface area contributed by atoms with Gasteiger partial charge in [0.05, 0.1) is 5.39 Å². The lowest BCUT2D eigenvalue weighted by molar-refractivity contribution is 0.131. The van der Waals surface area contributed by atoms with Crippen molar-refractivity contribution in [2.75, 3.05) is 25.1 Å². The Morgan fingerprint density at radius 1 is 1.20 bits per heavy atom. The summed E-state index contributed by atoms with van der Waals surface area (Å²) in [5.41, 5.74) is 1.28. The van der Waals surface area contributed by atoms with E-state index in [0.29, 0.717) is 0 Å². The van der Waals surface area contributed by atoms with Crippen molar-refractivity contribution in [3.05, 3.63) is 16.8 Å². The van der Waals surface area contributed by atoms with Crippen molar-refractivity contribution >= 4 is 27.4 Å². The Morgan fingerprint density at radius 3 is 2.80 bits per heavy atom. The van der Waals surface area contributed by atoms with Crippen molar-refractivity contribution in [1.29, 1.82) is 0 Å². The molecule has 2 aromatic rings. The Morgan fingerprint density at radius 2 is 2.00 bits per heavy atom. The van der Waals surface area contributed by atoms with Crippen LogP contribution in [0.3, 0.4) is 0 Å². The second-order valence-corrected chi connectivity index (χ2v) is 6.14. The third kappa shape index (κ3) is 3.67. The van der Waals surface area contributed by atoms with Gasteiger partial charge in [-0.3, -0.25) is 0 Å². The highest BCUT2D eigenvalue weighted by Crippen LogP contribution is 2.32. The summed E-state index contributed by atoms with van der Waals surface area (Å²) in [5, 5.41) is 4.58. The molecule has 4 nitrogen and oxygen atoms in total. The minimum absolute atomic E-state index is 0.808. The van der Waals surface area contributed by atoms with Crippen molar-refractivity contribution in [2.45, 2.75) is 40.0 Å². The predicted molar refractivity (Wildman–Crippen MR) is 85.7 cm³/mol. The van der Waals surface area contributed by atoms with E-state index in [1.54, 1.807) is 17.7 Å². The monoisotopic (exact) mass is 293 g/mol. The van der Waals surface area contributed by atoms with Gasteiger partial charge in [0.25, 0.3) is 0 Å². The average Bonchev–Trinajstić information content (AvgIpc) is 2.74. The first-order valence-electron chi connectivity index (χ1n) is 7.26. The summed E-state index contributed by atoms with van der Waals surface area (Å²) in [6, 6.07) is 0. The van der Waals surface area contributed by atoms with Crippen LogP contribution in [0.5, 0.6) is 0 Å². The van der Waals surface area contributed by atoms with E-state index < -0.39 is 0 Å². The van der Waals surface area contributed by atoms with E-state index in [1.807, 2.05) is 0 Å². The molecule has 0 amide bonds. The zero-order valence-electron chi connectivity index (χ0n) is 12.5. The Kier molecular flexibility index (Phi) is 5.73. The van der Waals surface area contributed by atoms with Gasteiger partial charge in [-0.15, -0.1) is 11.3 Å². The molecule has 1 N–H and O–H groups in total. The summed E-state index contributed by atoms with van der Waals surface area (Å²) < 4.78 is 5.56. The highest BCUT2D eigenvalue weighted by atomic mass is 32.1. The zero-order chi connectivity index (χ0) is 14.4. The molecule has 0 fully saturated rings. The van der Waals surface area contributed by atoms with Crippen molar-refractivity contribution in [3.63, 3.8) is 0 Å². The summed E-state index contributed by atoms with van der Waals surface area (Å²) in [5.74, 6) is 0.949. The van der Waals surface area contributed by atoms with E-state index in [4.69, 9.17) is 4.74 Å². The third-order valence-electron chi connectivity index (χ3n) is 3.37. The third-order valence-corrected chi connectivity index (χ3v) is 4.48. The van der Waals surface area contributed by atoms with Crippen LogP contribution in [0.1, 0.15) is 36.6 Å². The minimum atomic E-state index is 0.808. The van der Waals surface area contributed by atoms with Gasteiger partial charge in [-0.05, 0) is 32.3 Å². The maximum absolute atomic E-state index is 5.56. The number of nitrogens with zero attached hydrogens (tertiary/aromatic N) is 2. The number of hydrogen-bond donors (Lipinski definition) is 1. The second kappa shape index (κ2) is 7.55. The number of rotatable bonds is 8. The number of thiophene rings is 1. The molecule has 0 aliphatic rings. The number of hydrogen-bond acceptors (Lipinski definition) is 5. The van der Waals surface area contributed by atoms with E-state index in [1.165, 1.54) is 22.2 Å². The van der Waals surface area contributed by atoms with Gasteiger partial charge in [-0.25, -0.2) is 9.97 Å². The molecule has 0 bridgehead atoms. The molecular weight excluding hydrogens is 270 g/mol. The molecule has 0 saturated heterocycles. The van der Waals surface area contributed by atoms with Crippen LogP contribution in [0.15, 0.2) is 6.33 Å². The molecule has 20 heavy (non-hydrogen) atoms. The number of aromatic nitrogens is 2. The molecule has 2 rings (SSSR count). The molecule has 110 valence electrons. The van der Waals surface area contributed by atoms with Gasteiger partial charge >= 0.3 is 0 Å². The normalized spacial score (nSPS) is 11.2.